The predicted octanol–water partition coefficient (Wildman–Crippen LogP) is 4.99. The highest BCUT2D eigenvalue weighted by Crippen LogP contribution is 2.31. The van der Waals surface area contributed by atoms with Gasteiger partial charge in [0.1, 0.15) is 5.82 Å². The minimum absolute atomic E-state index is 0.0130. The van der Waals surface area contributed by atoms with Gasteiger partial charge in [-0.15, -0.1) is 11.3 Å². The number of nitrogens with zero attached hydrogens (tertiary/aromatic N) is 1. The lowest BCUT2D eigenvalue weighted by Gasteiger charge is -2.07. The van der Waals surface area contributed by atoms with Crippen molar-refractivity contribution in [3.05, 3.63) is 76.0 Å². The molecule has 0 aliphatic rings. The predicted molar refractivity (Wildman–Crippen MR) is 111 cm³/mol. The molecule has 0 aliphatic heterocycles. The molecule has 2 aromatic heterocycles. The normalized spacial score (nSPS) is 11.1. The molecule has 2 aromatic carbocycles. The van der Waals surface area contributed by atoms with Crippen LogP contribution in [0.25, 0.3) is 22.2 Å². The van der Waals surface area contributed by atoms with Crippen LogP contribution >= 0.6 is 11.3 Å². The topological polar surface area (TPSA) is 57.8 Å². The SMILES string of the molecule is Cc1nc(CNC(=O)CCc2c(-c3ccc(F)cc3)[nH]c3ccccc23)cs1. The smallest absolute Gasteiger partial charge is 0.220 e. The Morgan fingerprint density at radius 2 is 1.96 bits per heavy atom. The summed E-state index contributed by atoms with van der Waals surface area (Å²) in [6, 6.07) is 14.4. The summed E-state index contributed by atoms with van der Waals surface area (Å²) in [5.41, 5.74) is 4.81. The Bertz CT molecular complexity index is 1110. The fourth-order valence-electron chi connectivity index (χ4n) is 3.33. The van der Waals surface area contributed by atoms with Crippen molar-refractivity contribution in [3.63, 3.8) is 0 Å². The Hall–Kier alpha value is -2.99. The van der Waals surface area contributed by atoms with Crippen LogP contribution in [0.3, 0.4) is 0 Å². The van der Waals surface area contributed by atoms with E-state index in [-0.39, 0.29) is 11.7 Å². The molecule has 0 saturated carbocycles. The van der Waals surface area contributed by atoms with Crippen molar-refractivity contribution in [3.8, 4) is 11.3 Å². The van der Waals surface area contributed by atoms with E-state index in [1.165, 1.54) is 12.1 Å². The number of para-hydroxylation sites is 1. The summed E-state index contributed by atoms with van der Waals surface area (Å²) >= 11 is 1.58. The van der Waals surface area contributed by atoms with E-state index < -0.39 is 0 Å². The van der Waals surface area contributed by atoms with Crippen LogP contribution in [0, 0.1) is 12.7 Å². The number of fused-ring (bicyclic) bond motifs is 1. The summed E-state index contributed by atoms with van der Waals surface area (Å²) in [6.45, 7) is 2.39. The number of thiazole rings is 1. The van der Waals surface area contributed by atoms with Gasteiger partial charge in [0.15, 0.2) is 0 Å². The van der Waals surface area contributed by atoms with Gasteiger partial charge in [-0.05, 0) is 54.8 Å². The van der Waals surface area contributed by atoms with Crippen molar-refractivity contribution in [2.75, 3.05) is 0 Å². The molecule has 0 spiro atoms. The largest absolute Gasteiger partial charge is 0.354 e. The zero-order chi connectivity index (χ0) is 19.5. The zero-order valence-electron chi connectivity index (χ0n) is 15.5. The molecule has 4 aromatic rings. The number of carbonyl (C=O) groups is 1. The monoisotopic (exact) mass is 393 g/mol. The molecule has 0 bridgehead atoms. The molecule has 0 radical (unpaired) electrons. The van der Waals surface area contributed by atoms with E-state index in [1.54, 1.807) is 23.5 Å². The van der Waals surface area contributed by atoms with Crippen LogP contribution in [0.4, 0.5) is 4.39 Å². The van der Waals surface area contributed by atoms with Gasteiger partial charge in [-0.2, -0.15) is 0 Å². The second-order valence-corrected chi connectivity index (χ2v) is 7.73. The average Bonchev–Trinajstić information content (AvgIpc) is 3.28. The molecule has 0 aliphatic carbocycles. The minimum atomic E-state index is -0.266. The number of halogens is 1. The lowest BCUT2D eigenvalue weighted by atomic mass is 10.0. The highest BCUT2D eigenvalue weighted by molar-refractivity contribution is 7.09. The maximum Gasteiger partial charge on any atom is 0.220 e. The molecule has 4 nitrogen and oxygen atoms in total. The first-order valence-corrected chi connectivity index (χ1v) is 10.0. The van der Waals surface area contributed by atoms with Crippen LogP contribution in [-0.4, -0.2) is 15.9 Å². The number of rotatable bonds is 6. The summed E-state index contributed by atoms with van der Waals surface area (Å²) in [4.78, 5) is 20.1. The number of carbonyl (C=O) groups excluding carboxylic acids is 1. The van der Waals surface area contributed by atoms with Gasteiger partial charge in [-0.3, -0.25) is 4.79 Å². The number of nitrogens with one attached hydrogen (secondary N) is 2. The molecule has 0 unspecified atom stereocenters. The zero-order valence-corrected chi connectivity index (χ0v) is 16.3. The molecule has 142 valence electrons. The molecule has 6 heteroatoms. The number of hydrogen-bond donors (Lipinski definition) is 2. The van der Waals surface area contributed by atoms with Gasteiger partial charge in [0.05, 0.1) is 17.2 Å². The quantitative estimate of drug-likeness (QED) is 0.485. The highest BCUT2D eigenvalue weighted by Gasteiger charge is 2.14. The van der Waals surface area contributed by atoms with E-state index in [1.807, 2.05) is 36.6 Å². The molecule has 0 fully saturated rings. The van der Waals surface area contributed by atoms with Crippen molar-refractivity contribution < 1.29 is 9.18 Å². The van der Waals surface area contributed by atoms with Gasteiger partial charge < -0.3 is 10.3 Å². The van der Waals surface area contributed by atoms with Crippen molar-refractivity contribution in [1.29, 1.82) is 0 Å². The van der Waals surface area contributed by atoms with Crippen LogP contribution in [0.15, 0.2) is 53.9 Å². The van der Waals surface area contributed by atoms with E-state index in [9.17, 15) is 9.18 Å². The Balaban J connectivity index is 1.53. The summed E-state index contributed by atoms with van der Waals surface area (Å²) in [6.07, 6.45) is 0.970. The van der Waals surface area contributed by atoms with Crippen LogP contribution in [0.2, 0.25) is 0 Å². The summed E-state index contributed by atoms with van der Waals surface area (Å²) in [5, 5.41) is 6.98. The molecule has 2 heterocycles. The Kier molecular flexibility index (Phi) is 5.21. The Morgan fingerprint density at radius 3 is 2.71 bits per heavy atom. The number of H-pyrrole nitrogens is 1. The van der Waals surface area contributed by atoms with Crippen LogP contribution < -0.4 is 5.32 Å². The van der Waals surface area contributed by atoms with E-state index in [2.05, 4.69) is 15.3 Å². The first-order chi connectivity index (χ1) is 13.6. The third kappa shape index (κ3) is 3.97. The lowest BCUT2D eigenvalue weighted by Crippen LogP contribution is -2.23. The second-order valence-electron chi connectivity index (χ2n) is 6.67. The van der Waals surface area contributed by atoms with E-state index in [0.717, 1.165) is 38.4 Å². The lowest BCUT2D eigenvalue weighted by molar-refractivity contribution is -0.121. The van der Waals surface area contributed by atoms with E-state index >= 15 is 0 Å². The Morgan fingerprint density at radius 1 is 1.18 bits per heavy atom. The van der Waals surface area contributed by atoms with E-state index in [4.69, 9.17) is 0 Å². The number of hydrogen-bond acceptors (Lipinski definition) is 3. The first kappa shape index (κ1) is 18.4. The molecule has 4 rings (SSSR count). The Labute approximate surface area is 166 Å². The van der Waals surface area contributed by atoms with Gasteiger partial charge >= 0.3 is 0 Å². The molecular formula is C22H20FN3OS. The van der Waals surface area contributed by atoms with Gasteiger partial charge in [-0.1, -0.05) is 18.2 Å². The van der Waals surface area contributed by atoms with Crippen molar-refractivity contribution in [2.24, 2.45) is 0 Å². The van der Waals surface area contributed by atoms with Gasteiger partial charge in [0, 0.05) is 28.4 Å². The number of aromatic amines is 1. The summed E-state index contributed by atoms with van der Waals surface area (Å²) in [7, 11) is 0. The average molecular weight is 393 g/mol. The maximum absolute atomic E-state index is 13.3. The number of aryl methyl sites for hydroxylation is 2. The molecule has 28 heavy (non-hydrogen) atoms. The van der Waals surface area contributed by atoms with Crippen LogP contribution in [0.1, 0.15) is 22.7 Å². The molecule has 0 saturated heterocycles. The van der Waals surface area contributed by atoms with Crippen molar-refractivity contribution in [2.45, 2.75) is 26.3 Å². The highest BCUT2D eigenvalue weighted by atomic mass is 32.1. The van der Waals surface area contributed by atoms with Crippen molar-refractivity contribution in [1.82, 2.24) is 15.3 Å². The number of benzene rings is 2. The van der Waals surface area contributed by atoms with Gasteiger partial charge in [-0.25, -0.2) is 9.37 Å². The summed E-state index contributed by atoms with van der Waals surface area (Å²) < 4.78 is 13.3. The molecule has 1 amide bonds. The number of aromatic nitrogens is 2. The first-order valence-electron chi connectivity index (χ1n) is 9.13. The third-order valence-electron chi connectivity index (χ3n) is 4.68. The fourth-order valence-corrected chi connectivity index (χ4v) is 3.94. The molecule has 0 atom stereocenters. The van der Waals surface area contributed by atoms with Crippen molar-refractivity contribution >= 4 is 28.1 Å². The minimum Gasteiger partial charge on any atom is -0.354 e. The maximum atomic E-state index is 13.3. The molecular weight excluding hydrogens is 373 g/mol. The standard InChI is InChI=1S/C22H20FN3OS/c1-14-25-17(13-28-14)12-24-21(27)11-10-19-18-4-2-3-5-20(18)26-22(19)15-6-8-16(23)9-7-15/h2-9,13,26H,10-12H2,1H3,(H,24,27). The van der Waals surface area contributed by atoms with E-state index in [0.29, 0.717) is 19.4 Å². The fraction of sp³-hybridized carbons (Fsp3) is 0.182. The van der Waals surface area contributed by atoms with Gasteiger partial charge in [0.2, 0.25) is 5.91 Å². The van der Waals surface area contributed by atoms with Crippen LogP contribution in [0.5, 0.6) is 0 Å². The van der Waals surface area contributed by atoms with Crippen LogP contribution in [-0.2, 0) is 17.8 Å². The summed E-state index contributed by atoms with van der Waals surface area (Å²) in [5.74, 6) is -0.279. The number of amides is 1. The molecule has 2 N–H and O–H groups in total. The van der Waals surface area contributed by atoms with Gasteiger partial charge in [0.25, 0.3) is 0 Å². The third-order valence-corrected chi connectivity index (χ3v) is 5.50. The second kappa shape index (κ2) is 7.94.